The van der Waals surface area contributed by atoms with Gasteiger partial charge >= 0.3 is 0 Å². The van der Waals surface area contributed by atoms with Crippen molar-refractivity contribution in [3.8, 4) is 11.4 Å². The number of benzene rings is 1. The molecule has 0 radical (unpaired) electrons. The van der Waals surface area contributed by atoms with E-state index >= 15 is 0 Å². The van der Waals surface area contributed by atoms with E-state index in [0.717, 1.165) is 17.4 Å². The molecule has 88 valence electrons. The Hall–Kier alpha value is -2.49. The molecule has 3 rings (SSSR count). The number of aldehydes is 1. The lowest BCUT2D eigenvalue weighted by Crippen LogP contribution is -1.90. The van der Waals surface area contributed by atoms with Gasteiger partial charge in [-0.2, -0.15) is 0 Å². The summed E-state index contributed by atoms with van der Waals surface area (Å²) in [6.45, 7) is 2.02. The van der Waals surface area contributed by atoms with Crippen LogP contribution in [0.25, 0.3) is 17.0 Å². The number of aromatic nitrogens is 3. The predicted octanol–water partition coefficient (Wildman–Crippen LogP) is 2.52. The van der Waals surface area contributed by atoms with Crippen LogP contribution in [-0.2, 0) is 0 Å². The molecule has 0 bridgehead atoms. The highest BCUT2D eigenvalue weighted by molar-refractivity contribution is 5.84. The summed E-state index contributed by atoms with van der Waals surface area (Å²) < 4.78 is 1.63. The highest BCUT2D eigenvalue weighted by atomic mass is 16.1. The Bertz CT molecular complexity index is 731. The van der Waals surface area contributed by atoms with Gasteiger partial charge in [0.15, 0.2) is 17.8 Å². The van der Waals surface area contributed by atoms with E-state index in [1.165, 1.54) is 0 Å². The molecule has 3 aromatic rings. The maximum absolute atomic E-state index is 10.9. The summed E-state index contributed by atoms with van der Waals surface area (Å²) in [5.74, 6) is 0.632. The molecular weight excluding hydrogens is 226 g/mol. The molecule has 1 aromatic carbocycles. The molecule has 0 saturated heterocycles. The van der Waals surface area contributed by atoms with Crippen LogP contribution in [0.15, 0.2) is 42.6 Å². The maximum atomic E-state index is 10.9. The number of carbonyl (C=O) groups excluding carboxylic acids is 1. The van der Waals surface area contributed by atoms with E-state index < -0.39 is 0 Å². The number of nitrogens with zero attached hydrogens (tertiary/aromatic N) is 3. The summed E-state index contributed by atoms with van der Waals surface area (Å²) in [6, 6.07) is 11.5. The van der Waals surface area contributed by atoms with E-state index in [-0.39, 0.29) is 0 Å². The standard InChI is InChI=1S/C14H11N3O/c1-10-4-2-5-11(8-10)13-15-14-12(9-18)6-3-7-17(14)16-13/h2-9H,1H3. The molecule has 0 aliphatic rings. The smallest absolute Gasteiger partial charge is 0.182 e. The van der Waals surface area contributed by atoms with E-state index in [0.29, 0.717) is 17.0 Å². The monoisotopic (exact) mass is 237 g/mol. The van der Waals surface area contributed by atoms with Gasteiger partial charge in [-0.1, -0.05) is 23.8 Å². The van der Waals surface area contributed by atoms with Crippen LogP contribution in [0.4, 0.5) is 0 Å². The SMILES string of the molecule is Cc1cccc(-c2nc3c(C=O)cccn3n2)c1. The molecular formula is C14H11N3O. The van der Waals surface area contributed by atoms with Crippen molar-refractivity contribution in [3.05, 3.63) is 53.7 Å². The molecule has 2 aromatic heterocycles. The van der Waals surface area contributed by atoms with E-state index in [4.69, 9.17) is 0 Å². The van der Waals surface area contributed by atoms with Gasteiger partial charge in [-0.3, -0.25) is 4.79 Å². The van der Waals surface area contributed by atoms with Crippen molar-refractivity contribution in [1.82, 2.24) is 14.6 Å². The number of hydrogen-bond donors (Lipinski definition) is 0. The van der Waals surface area contributed by atoms with Crippen molar-refractivity contribution >= 4 is 11.9 Å². The number of pyridine rings is 1. The average molecular weight is 237 g/mol. The minimum atomic E-state index is 0.545. The third-order valence-electron chi connectivity index (χ3n) is 2.80. The van der Waals surface area contributed by atoms with Gasteiger partial charge in [-0.25, -0.2) is 9.50 Å². The Morgan fingerprint density at radius 1 is 1.22 bits per heavy atom. The molecule has 0 unspecified atom stereocenters. The Balaban J connectivity index is 2.22. The molecule has 0 aliphatic heterocycles. The van der Waals surface area contributed by atoms with Gasteiger partial charge in [0.2, 0.25) is 0 Å². The molecule has 0 atom stereocenters. The highest BCUT2D eigenvalue weighted by Gasteiger charge is 2.08. The van der Waals surface area contributed by atoms with Crippen LogP contribution in [0, 0.1) is 6.92 Å². The first-order chi connectivity index (χ1) is 8.78. The Morgan fingerprint density at radius 3 is 2.89 bits per heavy atom. The summed E-state index contributed by atoms with van der Waals surface area (Å²) >= 11 is 0. The lowest BCUT2D eigenvalue weighted by molar-refractivity contribution is 0.112. The van der Waals surface area contributed by atoms with Crippen LogP contribution in [0.2, 0.25) is 0 Å². The van der Waals surface area contributed by atoms with Crippen molar-refractivity contribution < 1.29 is 4.79 Å². The van der Waals surface area contributed by atoms with Crippen LogP contribution < -0.4 is 0 Å². The number of rotatable bonds is 2. The van der Waals surface area contributed by atoms with Crippen molar-refractivity contribution in [2.24, 2.45) is 0 Å². The fourth-order valence-electron chi connectivity index (χ4n) is 1.93. The van der Waals surface area contributed by atoms with E-state index in [1.807, 2.05) is 31.2 Å². The summed E-state index contributed by atoms with van der Waals surface area (Å²) in [5, 5.41) is 4.38. The maximum Gasteiger partial charge on any atom is 0.182 e. The molecule has 0 N–H and O–H groups in total. The Kier molecular flexibility index (Phi) is 2.41. The Morgan fingerprint density at radius 2 is 2.11 bits per heavy atom. The number of hydrogen-bond acceptors (Lipinski definition) is 3. The van der Waals surface area contributed by atoms with Crippen molar-refractivity contribution in [1.29, 1.82) is 0 Å². The lowest BCUT2D eigenvalue weighted by atomic mass is 10.1. The van der Waals surface area contributed by atoms with Gasteiger partial charge in [0.25, 0.3) is 0 Å². The number of fused-ring (bicyclic) bond motifs is 1. The average Bonchev–Trinajstić information content (AvgIpc) is 2.82. The predicted molar refractivity (Wildman–Crippen MR) is 68.5 cm³/mol. The first-order valence-corrected chi connectivity index (χ1v) is 5.65. The topological polar surface area (TPSA) is 47.3 Å². The minimum Gasteiger partial charge on any atom is -0.298 e. The van der Waals surface area contributed by atoms with Gasteiger partial charge in [0.1, 0.15) is 0 Å². The van der Waals surface area contributed by atoms with E-state index in [1.54, 1.807) is 22.8 Å². The molecule has 0 amide bonds. The van der Waals surface area contributed by atoms with Crippen LogP contribution >= 0.6 is 0 Å². The summed E-state index contributed by atoms with van der Waals surface area (Å²) in [7, 11) is 0. The van der Waals surface area contributed by atoms with Crippen LogP contribution in [0.1, 0.15) is 15.9 Å². The van der Waals surface area contributed by atoms with Crippen LogP contribution in [-0.4, -0.2) is 20.9 Å². The second-order valence-corrected chi connectivity index (χ2v) is 4.15. The van der Waals surface area contributed by atoms with Crippen molar-refractivity contribution in [2.45, 2.75) is 6.92 Å². The molecule has 0 aliphatic carbocycles. The molecule has 18 heavy (non-hydrogen) atoms. The first-order valence-electron chi connectivity index (χ1n) is 5.65. The fraction of sp³-hybridized carbons (Fsp3) is 0.0714. The molecule has 2 heterocycles. The molecule has 0 saturated carbocycles. The lowest BCUT2D eigenvalue weighted by Gasteiger charge is -1.95. The van der Waals surface area contributed by atoms with Gasteiger partial charge in [0, 0.05) is 11.8 Å². The zero-order chi connectivity index (χ0) is 12.5. The molecule has 4 heteroatoms. The van der Waals surface area contributed by atoms with E-state index in [2.05, 4.69) is 10.1 Å². The minimum absolute atomic E-state index is 0.545. The largest absolute Gasteiger partial charge is 0.298 e. The van der Waals surface area contributed by atoms with Crippen LogP contribution in [0.5, 0.6) is 0 Å². The van der Waals surface area contributed by atoms with Crippen molar-refractivity contribution in [3.63, 3.8) is 0 Å². The molecule has 0 spiro atoms. The summed E-state index contributed by atoms with van der Waals surface area (Å²) in [5.41, 5.74) is 3.24. The zero-order valence-electron chi connectivity index (χ0n) is 9.87. The summed E-state index contributed by atoms with van der Waals surface area (Å²) in [6.07, 6.45) is 2.58. The number of aryl methyl sites for hydroxylation is 1. The fourth-order valence-corrected chi connectivity index (χ4v) is 1.93. The Labute approximate surface area is 104 Å². The van der Waals surface area contributed by atoms with Crippen LogP contribution in [0.3, 0.4) is 0 Å². The second-order valence-electron chi connectivity index (χ2n) is 4.15. The quantitative estimate of drug-likeness (QED) is 0.643. The third kappa shape index (κ3) is 1.68. The van der Waals surface area contributed by atoms with Gasteiger partial charge in [0.05, 0.1) is 5.56 Å². The molecule has 4 nitrogen and oxygen atoms in total. The summed E-state index contributed by atoms with van der Waals surface area (Å²) in [4.78, 5) is 15.4. The van der Waals surface area contributed by atoms with Gasteiger partial charge in [-0.15, -0.1) is 5.10 Å². The first kappa shape index (κ1) is 10.7. The van der Waals surface area contributed by atoms with E-state index in [9.17, 15) is 4.79 Å². The normalized spacial score (nSPS) is 10.7. The number of carbonyl (C=O) groups is 1. The zero-order valence-corrected chi connectivity index (χ0v) is 9.87. The van der Waals surface area contributed by atoms with Crippen molar-refractivity contribution in [2.75, 3.05) is 0 Å². The third-order valence-corrected chi connectivity index (χ3v) is 2.80. The highest BCUT2D eigenvalue weighted by Crippen LogP contribution is 2.18. The molecule has 0 fully saturated rings. The van der Waals surface area contributed by atoms with Gasteiger partial charge in [-0.05, 0) is 25.1 Å². The van der Waals surface area contributed by atoms with Gasteiger partial charge < -0.3 is 0 Å². The second kappa shape index (κ2) is 4.07.